The minimum atomic E-state index is -0.742. The number of nitrogens with zero attached hydrogens (tertiary/aromatic N) is 2. The van der Waals surface area contributed by atoms with Gasteiger partial charge in [-0.25, -0.2) is 4.98 Å². The highest BCUT2D eigenvalue weighted by Gasteiger charge is 2.18. The van der Waals surface area contributed by atoms with E-state index in [-0.39, 0.29) is 18.3 Å². The van der Waals surface area contributed by atoms with Crippen LogP contribution in [0.5, 0.6) is 0 Å². The van der Waals surface area contributed by atoms with Crippen molar-refractivity contribution in [1.29, 1.82) is 0 Å². The molecule has 1 aliphatic carbocycles. The second kappa shape index (κ2) is 5.34. The van der Waals surface area contributed by atoms with Crippen molar-refractivity contribution in [2.45, 2.75) is 39.2 Å². The molecular formula is C11H17ClN2O2. The molecule has 0 aliphatic heterocycles. The number of aromatic nitrogens is 2. The molecule has 0 saturated heterocycles. The van der Waals surface area contributed by atoms with Gasteiger partial charge in [0.25, 0.3) is 0 Å². The smallest absolute Gasteiger partial charge is 0.308 e. The fraction of sp³-hybridized carbons (Fsp3) is 0.636. The van der Waals surface area contributed by atoms with Crippen LogP contribution in [0.2, 0.25) is 0 Å². The van der Waals surface area contributed by atoms with Gasteiger partial charge in [0.2, 0.25) is 0 Å². The van der Waals surface area contributed by atoms with Crippen LogP contribution in [-0.4, -0.2) is 20.6 Å². The van der Waals surface area contributed by atoms with Crippen molar-refractivity contribution >= 4 is 18.4 Å². The monoisotopic (exact) mass is 244 g/mol. The van der Waals surface area contributed by atoms with Crippen molar-refractivity contribution in [3.63, 3.8) is 0 Å². The molecule has 4 nitrogen and oxygen atoms in total. The standard InChI is InChI=1S/C11H16N2O2.ClH/c1-8(11(14)15)6-13-7-12-9-4-2-3-5-10(9)13;/h7-8H,2-6H2,1H3,(H,14,15);1H. The van der Waals surface area contributed by atoms with Gasteiger partial charge in [-0.2, -0.15) is 0 Å². The highest BCUT2D eigenvalue weighted by molar-refractivity contribution is 5.85. The Bertz CT molecular complexity index is 376. The second-order valence-electron chi connectivity index (χ2n) is 4.24. The molecule has 1 unspecified atom stereocenters. The third kappa shape index (κ3) is 2.55. The van der Waals surface area contributed by atoms with Gasteiger partial charge < -0.3 is 9.67 Å². The van der Waals surface area contributed by atoms with Gasteiger partial charge in [0, 0.05) is 12.2 Å². The van der Waals surface area contributed by atoms with Gasteiger partial charge in [-0.1, -0.05) is 6.92 Å². The van der Waals surface area contributed by atoms with Crippen LogP contribution in [0.1, 0.15) is 31.2 Å². The summed E-state index contributed by atoms with van der Waals surface area (Å²) in [6.45, 7) is 2.27. The van der Waals surface area contributed by atoms with Crippen LogP contribution in [0.25, 0.3) is 0 Å². The molecule has 0 fully saturated rings. The second-order valence-corrected chi connectivity index (χ2v) is 4.24. The summed E-state index contributed by atoms with van der Waals surface area (Å²) >= 11 is 0. The highest BCUT2D eigenvalue weighted by atomic mass is 35.5. The number of halogens is 1. The number of aryl methyl sites for hydroxylation is 1. The number of carboxylic acid groups (broad SMARTS) is 1. The summed E-state index contributed by atoms with van der Waals surface area (Å²) < 4.78 is 2.01. The van der Waals surface area contributed by atoms with Crippen LogP contribution in [0.15, 0.2) is 6.33 Å². The Morgan fingerprint density at radius 1 is 1.56 bits per heavy atom. The molecule has 0 spiro atoms. The molecule has 90 valence electrons. The van der Waals surface area contributed by atoms with Crippen LogP contribution < -0.4 is 0 Å². The first-order chi connectivity index (χ1) is 7.18. The minimum absolute atomic E-state index is 0. The molecule has 0 aromatic carbocycles. The summed E-state index contributed by atoms with van der Waals surface area (Å²) in [6, 6.07) is 0. The van der Waals surface area contributed by atoms with E-state index < -0.39 is 5.97 Å². The number of fused-ring (bicyclic) bond motifs is 1. The summed E-state index contributed by atoms with van der Waals surface area (Å²) in [4.78, 5) is 15.1. The van der Waals surface area contributed by atoms with E-state index >= 15 is 0 Å². The third-order valence-corrected chi connectivity index (χ3v) is 3.00. The summed E-state index contributed by atoms with van der Waals surface area (Å²) in [5.74, 6) is -1.08. The van der Waals surface area contributed by atoms with E-state index in [9.17, 15) is 4.79 Å². The highest BCUT2D eigenvalue weighted by Crippen LogP contribution is 2.20. The maximum atomic E-state index is 10.8. The largest absolute Gasteiger partial charge is 0.481 e. The number of rotatable bonds is 3. The molecule has 1 aromatic heterocycles. The van der Waals surface area contributed by atoms with E-state index in [0.717, 1.165) is 12.8 Å². The van der Waals surface area contributed by atoms with Gasteiger partial charge in [-0.05, 0) is 25.7 Å². The van der Waals surface area contributed by atoms with Crippen LogP contribution in [-0.2, 0) is 24.2 Å². The Labute approximate surface area is 101 Å². The Balaban J connectivity index is 0.00000128. The van der Waals surface area contributed by atoms with Crippen LogP contribution in [0.4, 0.5) is 0 Å². The first-order valence-corrected chi connectivity index (χ1v) is 5.44. The molecule has 1 aromatic rings. The Hall–Kier alpha value is -1.03. The molecule has 1 atom stereocenters. The Morgan fingerprint density at radius 2 is 2.25 bits per heavy atom. The van der Waals surface area contributed by atoms with Crippen molar-refractivity contribution in [3.05, 3.63) is 17.7 Å². The zero-order valence-electron chi connectivity index (χ0n) is 9.35. The molecule has 1 aliphatic rings. The van der Waals surface area contributed by atoms with E-state index in [1.807, 2.05) is 4.57 Å². The van der Waals surface area contributed by atoms with Crippen molar-refractivity contribution in [3.8, 4) is 0 Å². The fourth-order valence-electron chi connectivity index (χ4n) is 2.06. The van der Waals surface area contributed by atoms with Crippen molar-refractivity contribution in [1.82, 2.24) is 9.55 Å². The molecule has 0 bridgehead atoms. The molecule has 1 N–H and O–H groups in total. The molecule has 16 heavy (non-hydrogen) atoms. The molecule has 0 amide bonds. The van der Waals surface area contributed by atoms with Crippen molar-refractivity contribution in [2.24, 2.45) is 5.92 Å². The lowest BCUT2D eigenvalue weighted by molar-refractivity contribution is -0.141. The van der Waals surface area contributed by atoms with Crippen LogP contribution >= 0.6 is 12.4 Å². The van der Waals surface area contributed by atoms with Crippen LogP contribution in [0.3, 0.4) is 0 Å². The predicted molar refractivity (Wildman–Crippen MR) is 62.9 cm³/mol. The van der Waals surface area contributed by atoms with Crippen molar-refractivity contribution in [2.75, 3.05) is 0 Å². The molecule has 5 heteroatoms. The first-order valence-electron chi connectivity index (χ1n) is 5.44. The molecular weight excluding hydrogens is 228 g/mol. The maximum Gasteiger partial charge on any atom is 0.308 e. The predicted octanol–water partition coefficient (Wildman–Crippen LogP) is 1.90. The first kappa shape index (κ1) is 13.0. The maximum absolute atomic E-state index is 10.8. The van der Waals surface area contributed by atoms with Crippen LogP contribution in [0, 0.1) is 5.92 Å². The number of carbonyl (C=O) groups is 1. The molecule has 0 radical (unpaired) electrons. The van der Waals surface area contributed by atoms with E-state index in [0.29, 0.717) is 6.54 Å². The van der Waals surface area contributed by atoms with E-state index in [1.165, 1.54) is 24.2 Å². The summed E-state index contributed by atoms with van der Waals surface area (Å²) in [7, 11) is 0. The van der Waals surface area contributed by atoms with E-state index in [1.54, 1.807) is 13.3 Å². The average molecular weight is 245 g/mol. The number of hydrogen-bond acceptors (Lipinski definition) is 2. The minimum Gasteiger partial charge on any atom is -0.481 e. The molecule has 1 heterocycles. The van der Waals surface area contributed by atoms with Gasteiger partial charge in [0.15, 0.2) is 0 Å². The lowest BCUT2D eigenvalue weighted by Gasteiger charge is -2.15. The number of carboxylic acids is 1. The summed E-state index contributed by atoms with van der Waals surface area (Å²) in [6.07, 6.45) is 6.28. The van der Waals surface area contributed by atoms with Gasteiger partial charge in [-0.3, -0.25) is 4.79 Å². The quantitative estimate of drug-likeness (QED) is 0.884. The van der Waals surface area contributed by atoms with Crippen molar-refractivity contribution < 1.29 is 9.90 Å². The van der Waals surface area contributed by atoms with Gasteiger partial charge in [-0.15, -0.1) is 12.4 Å². The fourth-order valence-corrected chi connectivity index (χ4v) is 2.06. The third-order valence-electron chi connectivity index (χ3n) is 3.00. The van der Waals surface area contributed by atoms with E-state index in [2.05, 4.69) is 4.98 Å². The Kier molecular flexibility index (Phi) is 4.35. The zero-order valence-corrected chi connectivity index (χ0v) is 10.2. The topological polar surface area (TPSA) is 55.1 Å². The zero-order chi connectivity index (χ0) is 10.8. The number of imidazole rings is 1. The average Bonchev–Trinajstić information content (AvgIpc) is 2.62. The van der Waals surface area contributed by atoms with Gasteiger partial charge in [0.05, 0.1) is 17.9 Å². The SMILES string of the molecule is CC(Cn1cnc2c1CCCC2)C(=O)O.Cl. The lowest BCUT2D eigenvalue weighted by atomic mass is 10.0. The Morgan fingerprint density at radius 3 is 2.94 bits per heavy atom. The van der Waals surface area contributed by atoms with Gasteiger partial charge in [0.1, 0.15) is 0 Å². The van der Waals surface area contributed by atoms with Gasteiger partial charge >= 0.3 is 5.97 Å². The molecule has 2 rings (SSSR count). The number of hydrogen-bond donors (Lipinski definition) is 1. The van der Waals surface area contributed by atoms with E-state index in [4.69, 9.17) is 5.11 Å². The molecule has 0 saturated carbocycles. The summed E-state index contributed by atoms with van der Waals surface area (Å²) in [5.41, 5.74) is 2.41. The summed E-state index contributed by atoms with van der Waals surface area (Å²) in [5, 5.41) is 8.85. The normalized spacial score (nSPS) is 16.1. The lowest BCUT2D eigenvalue weighted by Crippen LogP contribution is -2.18. The number of aliphatic carboxylic acids is 1.